The fraction of sp³-hybridized carbons (Fsp3) is 1.00. The minimum atomic E-state index is -0.575. The number of aliphatic hydroxyl groups is 1. The van der Waals surface area contributed by atoms with Crippen molar-refractivity contribution in [2.24, 2.45) is 5.11 Å². The number of ether oxygens (including phenoxy) is 2. The summed E-state index contributed by atoms with van der Waals surface area (Å²) < 4.78 is 10.4. The van der Waals surface area contributed by atoms with E-state index in [1.165, 1.54) is 0 Å². The van der Waals surface area contributed by atoms with Gasteiger partial charge in [-0.3, -0.25) is 0 Å². The van der Waals surface area contributed by atoms with E-state index in [4.69, 9.17) is 15.0 Å². The number of hydrogen-bond donors (Lipinski definition) is 1. The monoisotopic (exact) mass is 171 g/mol. The van der Waals surface area contributed by atoms with Crippen molar-refractivity contribution in [1.82, 2.24) is 0 Å². The molecule has 0 spiro atoms. The third-order valence-electron chi connectivity index (χ3n) is 2.20. The summed E-state index contributed by atoms with van der Waals surface area (Å²) >= 11 is 0. The molecule has 2 aliphatic rings. The number of rotatable bonds is 1. The summed E-state index contributed by atoms with van der Waals surface area (Å²) in [7, 11) is 0. The zero-order chi connectivity index (χ0) is 8.55. The summed E-state index contributed by atoms with van der Waals surface area (Å²) in [5.74, 6) is 0. The molecule has 3 unspecified atom stereocenters. The summed E-state index contributed by atoms with van der Waals surface area (Å²) in [6, 6.07) is -0.280. The van der Waals surface area contributed by atoms with Gasteiger partial charge in [0, 0.05) is 4.91 Å². The van der Waals surface area contributed by atoms with Gasteiger partial charge in [0.1, 0.15) is 12.2 Å². The second-order valence-corrected chi connectivity index (χ2v) is 2.94. The normalized spacial score (nSPS) is 45.4. The molecule has 2 aliphatic heterocycles. The van der Waals surface area contributed by atoms with Crippen LogP contribution in [0, 0.1) is 0 Å². The van der Waals surface area contributed by atoms with Crippen molar-refractivity contribution in [3.05, 3.63) is 10.4 Å². The van der Waals surface area contributed by atoms with Gasteiger partial charge in [0.15, 0.2) is 0 Å². The van der Waals surface area contributed by atoms with E-state index < -0.39 is 6.10 Å². The van der Waals surface area contributed by atoms with Gasteiger partial charge in [-0.15, -0.1) is 0 Å². The summed E-state index contributed by atoms with van der Waals surface area (Å²) in [6.45, 7) is 0.614. The molecule has 0 amide bonds. The first-order chi connectivity index (χ1) is 5.83. The number of nitrogens with zero attached hydrogens (tertiary/aromatic N) is 3. The molecule has 0 saturated carbocycles. The van der Waals surface area contributed by atoms with Gasteiger partial charge < -0.3 is 14.6 Å². The lowest BCUT2D eigenvalue weighted by atomic mass is 10.1. The predicted octanol–water partition coefficient (Wildman–Crippen LogP) is -0.176. The van der Waals surface area contributed by atoms with Crippen LogP contribution < -0.4 is 0 Å². The molecular weight excluding hydrogens is 162 g/mol. The topological polar surface area (TPSA) is 87.5 Å². The minimum Gasteiger partial charge on any atom is -0.388 e. The standard InChI is InChI=1S/C6H9N3O3/c7-9-8-3-1-11-6-4(10)2-12-5(3)6/h3-6,10H,1-2H2/t3?,4?,5-,6?/m1/s1. The highest BCUT2D eigenvalue weighted by atomic mass is 16.6. The van der Waals surface area contributed by atoms with Crippen LogP contribution in [0.3, 0.4) is 0 Å². The predicted molar refractivity (Wildman–Crippen MR) is 38.4 cm³/mol. The third-order valence-corrected chi connectivity index (χ3v) is 2.20. The maximum absolute atomic E-state index is 9.30. The Bertz CT molecular complexity index is 228. The molecule has 0 aromatic carbocycles. The molecule has 0 aliphatic carbocycles. The van der Waals surface area contributed by atoms with Gasteiger partial charge in [0.05, 0.1) is 25.4 Å². The van der Waals surface area contributed by atoms with E-state index in [1.54, 1.807) is 0 Å². The highest BCUT2D eigenvalue weighted by Gasteiger charge is 2.46. The van der Waals surface area contributed by atoms with Gasteiger partial charge in [0.25, 0.3) is 0 Å². The number of aliphatic hydroxyl groups excluding tert-OH is 1. The van der Waals surface area contributed by atoms with Crippen molar-refractivity contribution >= 4 is 0 Å². The fourth-order valence-corrected chi connectivity index (χ4v) is 1.62. The Balaban J connectivity index is 2.10. The quantitative estimate of drug-likeness (QED) is 0.337. The number of hydrogen-bond acceptors (Lipinski definition) is 4. The van der Waals surface area contributed by atoms with E-state index in [0.717, 1.165) is 0 Å². The maximum Gasteiger partial charge on any atom is 0.112 e. The van der Waals surface area contributed by atoms with Crippen molar-refractivity contribution < 1.29 is 14.6 Å². The van der Waals surface area contributed by atoms with Crippen LogP contribution >= 0.6 is 0 Å². The molecule has 6 heteroatoms. The van der Waals surface area contributed by atoms with E-state index in [0.29, 0.717) is 6.61 Å². The summed E-state index contributed by atoms with van der Waals surface area (Å²) in [6.07, 6.45) is -1.13. The lowest BCUT2D eigenvalue weighted by Crippen LogP contribution is -2.30. The van der Waals surface area contributed by atoms with Gasteiger partial charge in [-0.25, -0.2) is 0 Å². The molecule has 66 valence electrons. The molecule has 2 rings (SSSR count). The molecular formula is C6H9N3O3. The molecule has 0 aromatic heterocycles. The Hall–Kier alpha value is -0.810. The van der Waals surface area contributed by atoms with Crippen molar-refractivity contribution in [2.75, 3.05) is 13.2 Å². The maximum atomic E-state index is 9.30. The van der Waals surface area contributed by atoms with Crippen LogP contribution in [-0.4, -0.2) is 42.7 Å². The van der Waals surface area contributed by atoms with Crippen LogP contribution in [-0.2, 0) is 9.47 Å². The third kappa shape index (κ3) is 1.05. The lowest BCUT2D eigenvalue weighted by molar-refractivity contribution is 0.0182. The van der Waals surface area contributed by atoms with Gasteiger partial charge in [0.2, 0.25) is 0 Å². The van der Waals surface area contributed by atoms with E-state index in [1.807, 2.05) is 0 Å². The molecule has 0 aromatic rings. The highest BCUT2D eigenvalue weighted by molar-refractivity contribution is 4.97. The van der Waals surface area contributed by atoms with Gasteiger partial charge >= 0.3 is 0 Å². The second kappa shape index (κ2) is 2.91. The highest BCUT2D eigenvalue weighted by Crippen LogP contribution is 2.28. The molecule has 2 fully saturated rings. The summed E-state index contributed by atoms with van der Waals surface area (Å²) in [4.78, 5) is 2.69. The average molecular weight is 171 g/mol. The van der Waals surface area contributed by atoms with Gasteiger partial charge in [-0.2, -0.15) is 0 Å². The Morgan fingerprint density at radius 2 is 2.08 bits per heavy atom. The minimum absolute atomic E-state index is 0.254. The molecule has 1 N–H and O–H groups in total. The van der Waals surface area contributed by atoms with Crippen molar-refractivity contribution in [3.8, 4) is 0 Å². The van der Waals surface area contributed by atoms with Crippen molar-refractivity contribution in [3.63, 3.8) is 0 Å². The first-order valence-electron chi connectivity index (χ1n) is 3.78. The molecule has 6 nitrogen and oxygen atoms in total. The smallest absolute Gasteiger partial charge is 0.112 e. The van der Waals surface area contributed by atoms with Crippen molar-refractivity contribution in [2.45, 2.75) is 24.4 Å². The van der Waals surface area contributed by atoms with E-state index >= 15 is 0 Å². The Morgan fingerprint density at radius 3 is 2.83 bits per heavy atom. The second-order valence-electron chi connectivity index (χ2n) is 2.94. The average Bonchev–Trinajstić information content (AvgIpc) is 2.58. The molecule has 2 heterocycles. The number of azide groups is 1. The molecule has 0 radical (unpaired) electrons. The SMILES string of the molecule is [N-]=[N+]=NC1COC2C(O)CO[C@H]12. The number of fused-ring (bicyclic) bond motifs is 1. The Kier molecular flexibility index (Phi) is 1.90. The molecule has 12 heavy (non-hydrogen) atoms. The van der Waals surface area contributed by atoms with Crippen LogP contribution in [0.4, 0.5) is 0 Å². The largest absolute Gasteiger partial charge is 0.388 e. The Morgan fingerprint density at radius 1 is 1.33 bits per heavy atom. The van der Waals surface area contributed by atoms with Crippen LogP contribution in [0.25, 0.3) is 10.4 Å². The Labute approximate surface area is 68.7 Å². The van der Waals surface area contributed by atoms with E-state index in [2.05, 4.69) is 10.0 Å². The van der Waals surface area contributed by atoms with Crippen LogP contribution in [0.5, 0.6) is 0 Å². The van der Waals surface area contributed by atoms with Crippen molar-refractivity contribution in [1.29, 1.82) is 0 Å². The van der Waals surface area contributed by atoms with Gasteiger partial charge in [-0.1, -0.05) is 5.11 Å². The molecule has 0 bridgehead atoms. The first-order valence-corrected chi connectivity index (χ1v) is 3.78. The van der Waals surface area contributed by atoms with Gasteiger partial charge in [-0.05, 0) is 5.53 Å². The van der Waals surface area contributed by atoms with E-state index in [9.17, 15) is 5.11 Å². The molecule has 2 saturated heterocycles. The zero-order valence-electron chi connectivity index (χ0n) is 6.33. The van der Waals surface area contributed by atoms with Crippen LogP contribution in [0.15, 0.2) is 5.11 Å². The van der Waals surface area contributed by atoms with Crippen LogP contribution in [0.2, 0.25) is 0 Å². The molecule has 4 atom stereocenters. The fourth-order valence-electron chi connectivity index (χ4n) is 1.62. The first kappa shape index (κ1) is 7.82. The van der Waals surface area contributed by atoms with E-state index in [-0.39, 0.29) is 24.9 Å². The summed E-state index contributed by atoms with van der Waals surface area (Å²) in [5.41, 5.74) is 8.20. The summed E-state index contributed by atoms with van der Waals surface area (Å²) in [5, 5.41) is 12.8. The zero-order valence-corrected chi connectivity index (χ0v) is 6.33. The van der Waals surface area contributed by atoms with Crippen LogP contribution in [0.1, 0.15) is 0 Å². The lowest BCUT2D eigenvalue weighted by Gasteiger charge is -2.10.